The molecule has 2 atom stereocenters. The summed E-state index contributed by atoms with van der Waals surface area (Å²) in [5, 5.41) is 16.0. The van der Waals surface area contributed by atoms with Gasteiger partial charge in [-0.25, -0.2) is 4.79 Å². The van der Waals surface area contributed by atoms with Crippen LogP contribution in [-0.4, -0.2) is 35.0 Å². The van der Waals surface area contributed by atoms with Crippen LogP contribution in [0.25, 0.3) is 11.3 Å². The molecule has 32 heavy (non-hydrogen) atoms. The summed E-state index contributed by atoms with van der Waals surface area (Å²) in [6.07, 6.45) is 2.36. The number of carbonyl (C=O) groups is 2. The number of nitrogens with zero attached hydrogens (tertiary/aromatic N) is 1. The number of aliphatic carboxylic acids is 1. The van der Waals surface area contributed by atoms with E-state index in [1.165, 1.54) is 0 Å². The molecule has 174 valence electrons. The minimum absolute atomic E-state index is 0.0953. The maximum Gasteiger partial charge on any atom is 0.407 e. The van der Waals surface area contributed by atoms with E-state index >= 15 is 0 Å². The topological polar surface area (TPSA) is 111 Å². The highest BCUT2D eigenvalue weighted by atomic mass is 16.5. The molecule has 0 unspecified atom stereocenters. The van der Waals surface area contributed by atoms with Crippen molar-refractivity contribution in [3.8, 4) is 17.1 Å². The lowest BCUT2D eigenvalue weighted by Crippen LogP contribution is -2.29. The molecule has 1 amide bonds. The number of carbonyl (C=O) groups excluding carboxylic acids is 1. The summed E-state index contributed by atoms with van der Waals surface area (Å²) in [6.45, 7) is 8.37. The Kier molecular flexibility index (Phi) is 7.43. The third-order valence-electron chi connectivity index (χ3n) is 5.43. The SMILES string of the molecule is Cc1noc(-c2ccc(O[C@@H]3CCC[C@@H](C(=O)O)C3)cc2)c1CNC(=O)OCC(C)(C)C. The molecule has 1 fully saturated rings. The zero-order chi connectivity index (χ0) is 23.3. The Morgan fingerprint density at radius 2 is 1.94 bits per heavy atom. The van der Waals surface area contributed by atoms with Gasteiger partial charge < -0.3 is 24.4 Å². The fourth-order valence-corrected chi connectivity index (χ4v) is 3.67. The smallest absolute Gasteiger partial charge is 0.407 e. The maximum absolute atomic E-state index is 12.0. The Labute approximate surface area is 188 Å². The van der Waals surface area contributed by atoms with Crippen molar-refractivity contribution in [3.63, 3.8) is 0 Å². The standard InChI is InChI=1S/C24H32N2O6/c1-15-20(13-25-23(29)30-14-24(2,3)4)21(32-26-15)16-8-10-18(11-9-16)31-19-7-5-6-17(12-19)22(27)28/h8-11,17,19H,5-7,12-14H2,1-4H3,(H,25,29)(H,27,28)/t17-,19-/m1/s1. The van der Waals surface area contributed by atoms with Gasteiger partial charge in [-0.1, -0.05) is 25.9 Å². The second-order valence-corrected chi connectivity index (χ2v) is 9.53. The van der Waals surface area contributed by atoms with Crippen LogP contribution >= 0.6 is 0 Å². The molecule has 1 aliphatic carbocycles. The van der Waals surface area contributed by atoms with Crippen molar-refractivity contribution >= 4 is 12.1 Å². The van der Waals surface area contributed by atoms with E-state index in [0.29, 0.717) is 36.7 Å². The molecule has 2 aromatic rings. The fourth-order valence-electron chi connectivity index (χ4n) is 3.67. The highest BCUT2D eigenvalue weighted by Crippen LogP contribution is 2.31. The molecular formula is C24H32N2O6. The van der Waals surface area contributed by atoms with Crippen LogP contribution in [0.15, 0.2) is 28.8 Å². The van der Waals surface area contributed by atoms with Gasteiger partial charge in [-0.05, 0) is 62.3 Å². The average Bonchev–Trinajstić information content (AvgIpc) is 3.11. The summed E-state index contributed by atoms with van der Waals surface area (Å²) in [7, 11) is 0. The number of hydrogen-bond donors (Lipinski definition) is 2. The van der Waals surface area contributed by atoms with Gasteiger partial charge in [0.2, 0.25) is 0 Å². The van der Waals surface area contributed by atoms with Crippen molar-refractivity contribution in [1.82, 2.24) is 10.5 Å². The van der Waals surface area contributed by atoms with Crippen molar-refractivity contribution in [1.29, 1.82) is 0 Å². The Bertz CT molecular complexity index is 929. The van der Waals surface area contributed by atoms with E-state index in [1.807, 2.05) is 52.0 Å². The van der Waals surface area contributed by atoms with Gasteiger partial charge in [0.25, 0.3) is 0 Å². The summed E-state index contributed by atoms with van der Waals surface area (Å²) in [6, 6.07) is 7.42. The van der Waals surface area contributed by atoms with Crippen LogP contribution in [0.2, 0.25) is 0 Å². The summed E-state index contributed by atoms with van der Waals surface area (Å²) in [5.74, 6) is 0.174. The third kappa shape index (κ3) is 6.48. The van der Waals surface area contributed by atoms with Crippen molar-refractivity contribution in [2.75, 3.05) is 6.61 Å². The van der Waals surface area contributed by atoms with Crippen LogP contribution < -0.4 is 10.1 Å². The second-order valence-electron chi connectivity index (χ2n) is 9.53. The minimum Gasteiger partial charge on any atom is -0.490 e. The third-order valence-corrected chi connectivity index (χ3v) is 5.43. The van der Waals surface area contributed by atoms with Crippen LogP contribution in [0.5, 0.6) is 5.75 Å². The highest BCUT2D eigenvalue weighted by molar-refractivity contribution is 5.70. The number of amides is 1. The first-order chi connectivity index (χ1) is 15.1. The second kappa shape index (κ2) is 10.1. The van der Waals surface area contributed by atoms with Gasteiger partial charge in [0.15, 0.2) is 5.76 Å². The molecule has 3 rings (SSSR count). The van der Waals surface area contributed by atoms with E-state index in [0.717, 1.165) is 24.0 Å². The van der Waals surface area contributed by atoms with Gasteiger partial charge in [0.05, 0.1) is 30.9 Å². The monoisotopic (exact) mass is 444 g/mol. The Hall–Kier alpha value is -3.03. The first kappa shape index (κ1) is 23.6. The number of aromatic nitrogens is 1. The summed E-state index contributed by atoms with van der Waals surface area (Å²) < 4.78 is 16.8. The van der Waals surface area contributed by atoms with Crippen LogP contribution in [0.4, 0.5) is 4.79 Å². The number of benzene rings is 1. The molecule has 0 radical (unpaired) electrons. The highest BCUT2D eigenvalue weighted by Gasteiger charge is 2.28. The number of aryl methyl sites for hydroxylation is 1. The number of alkyl carbamates (subject to hydrolysis) is 1. The van der Waals surface area contributed by atoms with Crippen molar-refractivity contribution in [3.05, 3.63) is 35.5 Å². The molecule has 2 N–H and O–H groups in total. The Balaban J connectivity index is 1.61. The molecule has 0 saturated heterocycles. The predicted molar refractivity (Wildman–Crippen MR) is 118 cm³/mol. The largest absolute Gasteiger partial charge is 0.490 e. The molecule has 8 nitrogen and oxygen atoms in total. The lowest BCUT2D eigenvalue weighted by molar-refractivity contribution is -0.143. The summed E-state index contributed by atoms with van der Waals surface area (Å²) in [4.78, 5) is 23.3. The molecule has 1 heterocycles. The number of carboxylic acids is 1. The van der Waals surface area contributed by atoms with E-state index in [-0.39, 0.29) is 24.0 Å². The first-order valence-electron chi connectivity index (χ1n) is 11.0. The van der Waals surface area contributed by atoms with E-state index in [9.17, 15) is 14.7 Å². The molecule has 0 aliphatic heterocycles. The van der Waals surface area contributed by atoms with Crippen molar-refractivity contribution in [2.45, 2.75) is 66.0 Å². The lowest BCUT2D eigenvalue weighted by Gasteiger charge is -2.27. The van der Waals surface area contributed by atoms with Crippen molar-refractivity contribution in [2.24, 2.45) is 11.3 Å². The van der Waals surface area contributed by atoms with E-state index < -0.39 is 12.1 Å². The zero-order valence-electron chi connectivity index (χ0n) is 19.1. The quantitative estimate of drug-likeness (QED) is 0.622. The molecule has 1 aromatic heterocycles. The van der Waals surface area contributed by atoms with Crippen LogP contribution in [0, 0.1) is 18.3 Å². The van der Waals surface area contributed by atoms with Gasteiger partial charge >= 0.3 is 12.1 Å². The van der Waals surface area contributed by atoms with Crippen LogP contribution in [-0.2, 0) is 16.1 Å². The minimum atomic E-state index is -0.752. The maximum atomic E-state index is 12.0. The summed E-state index contributed by atoms with van der Waals surface area (Å²) >= 11 is 0. The van der Waals surface area contributed by atoms with E-state index in [1.54, 1.807) is 0 Å². The molecule has 1 aliphatic rings. The molecule has 0 bridgehead atoms. The zero-order valence-corrected chi connectivity index (χ0v) is 19.1. The van der Waals surface area contributed by atoms with E-state index in [4.69, 9.17) is 14.0 Å². The predicted octanol–water partition coefficient (Wildman–Crippen LogP) is 4.94. The normalized spacial score (nSPS) is 18.8. The molecule has 1 saturated carbocycles. The van der Waals surface area contributed by atoms with Gasteiger partial charge in [0, 0.05) is 11.1 Å². The number of ether oxygens (including phenoxy) is 2. The molecular weight excluding hydrogens is 412 g/mol. The van der Waals surface area contributed by atoms with Crippen LogP contribution in [0.1, 0.15) is 57.7 Å². The van der Waals surface area contributed by atoms with E-state index in [2.05, 4.69) is 10.5 Å². The molecule has 1 aromatic carbocycles. The number of hydrogen-bond acceptors (Lipinski definition) is 6. The van der Waals surface area contributed by atoms with Gasteiger partial charge in [-0.3, -0.25) is 4.79 Å². The number of carboxylic acid groups (broad SMARTS) is 1. The molecule has 0 spiro atoms. The van der Waals surface area contributed by atoms with Crippen molar-refractivity contribution < 1.29 is 28.7 Å². The molecule has 8 heteroatoms. The van der Waals surface area contributed by atoms with Crippen LogP contribution in [0.3, 0.4) is 0 Å². The average molecular weight is 445 g/mol. The Morgan fingerprint density at radius 3 is 2.59 bits per heavy atom. The number of rotatable bonds is 7. The Morgan fingerprint density at radius 1 is 1.22 bits per heavy atom. The lowest BCUT2D eigenvalue weighted by atomic mass is 9.87. The van der Waals surface area contributed by atoms with Gasteiger partial charge in [-0.15, -0.1) is 0 Å². The first-order valence-corrected chi connectivity index (χ1v) is 11.0. The number of nitrogens with one attached hydrogen (secondary N) is 1. The fraction of sp³-hybridized carbons (Fsp3) is 0.542. The van der Waals surface area contributed by atoms with Gasteiger partial charge in [-0.2, -0.15) is 0 Å². The van der Waals surface area contributed by atoms with Gasteiger partial charge in [0.1, 0.15) is 5.75 Å². The summed E-state index contributed by atoms with van der Waals surface area (Å²) in [5.41, 5.74) is 2.18.